The van der Waals surface area contributed by atoms with Gasteiger partial charge in [-0.2, -0.15) is 0 Å². The molecule has 0 saturated heterocycles. The highest BCUT2D eigenvalue weighted by atomic mass is 19.1. The van der Waals surface area contributed by atoms with Crippen molar-refractivity contribution < 1.29 is 33.0 Å². The molecule has 2 saturated carbocycles. The Morgan fingerprint density at radius 2 is 1.91 bits per heavy atom. The zero-order valence-corrected chi connectivity index (χ0v) is 20.2. The predicted octanol–water partition coefficient (Wildman–Crippen LogP) is 5.46. The van der Waals surface area contributed by atoms with Crippen molar-refractivity contribution in [3.05, 3.63) is 23.3 Å². The van der Waals surface area contributed by atoms with E-state index in [1.165, 1.54) is 18.8 Å². The van der Waals surface area contributed by atoms with Gasteiger partial charge < -0.3 is 14.2 Å². The molecule has 7 heteroatoms. The van der Waals surface area contributed by atoms with Crippen LogP contribution in [0.25, 0.3) is 0 Å². The topological polar surface area (TPSA) is 78.9 Å². The van der Waals surface area contributed by atoms with E-state index in [0.29, 0.717) is 37.7 Å². The minimum Gasteiger partial charge on any atom is -0.438 e. The number of hydrogen-bond donors (Lipinski definition) is 0. The lowest BCUT2D eigenvalue weighted by Crippen LogP contribution is -2.57. The second-order valence-electron chi connectivity index (χ2n) is 10.7. The van der Waals surface area contributed by atoms with Crippen LogP contribution in [0.4, 0.5) is 9.18 Å². The molecule has 0 aliphatic heterocycles. The number of carbonyl (C=O) groups is 3. The average Bonchev–Trinajstić information content (AvgIpc) is 2.96. The summed E-state index contributed by atoms with van der Waals surface area (Å²) in [5.74, 6) is -2.31. The van der Waals surface area contributed by atoms with Crippen molar-refractivity contribution in [2.45, 2.75) is 84.6 Å². The summed E-state index contributed by atoms with van der Waals surface area (Å²) in [5, 5.41) is 0. The van der Waals surface area contributed by atoms with Crippen LogP contribution in [0.2, 0.25) is 0 Å². The summed E-state index contributed by atoms with van der Waals surface area (Å²) >= 11 is 0. The number of alkyl halides is 1. The highest BCUT2D eigenvalue weighted by molar-refractivity contribution is 5.92. The van der Waals surface area contributed by atoms with Gasteiger partial charge in [-0.3, -0.25) is 9.59 Å². The van der Waals surface area contributed by atoms with E-state index in [-0.39, 0.29) is 36.4 Å². The molecule has 182 valence electrons. The van der Waals surface area contributed by atoms with Gasteiger partial charge in [-0.15, -0.1) is 0 Å². The van der Waals surface area contributed by atoms with E-state index >= 15 is 4.39 Å². The van der Waals surface area contributed by atoms with Gasteiger partial charge in [0.25, 0.3) is 5.79 Å². The van der Waals surface area contributed by atoms with Crippen LogP contribution >= 0.6 is 0 Å². The van der Waals surface area contributed by atoms with Gasteiger partial charge >= 0.3 is 12.1 Å². The fourth-order valence-electron chi connectivity index (χ4n) is 7.20. The SMILES string of the molecule is CCCC(=O)O[C@@]1(OC(=O)OC)[C@H](C)C[C@H]2[C@@H]3C[C@H](F)C4=CC(=O)CC[C@]4(C)C3=CC[C@@]21C. The van der Waals surface area contributed by atoms with Crippen LogP contribution in [0.3, 0.4) is 0 Å². The Bertz CT molecular complexity index is 924. The lowest BCUT2D eigenvalue weighted by molar-refractivity contribution is -0.273. The molecule has 0 bridgehead atoms. The van der Waals surface area contributed by atoms with E-state index in [4.69, 9.17) is 14.2 Å². The number of hydrogen-bond acceptors (Lipinski definition) is 6. The maximum Gasteiger partial charge on any atom is 0.511 e. The molecule has 0 radical (unpaired) electrons. The number of ketones is 1. The van der Waals surface area contributed by atoms with Crippen LogP contribution in [0.5, 0.6) is 0 Å². The minimum absolute atomic E-state index is 0.00681. The van der Waals surface area contributed by atoms with E-state index in [2.05, 4.69) is 13.0 Å². The first kappa shape index (κ1) is 24.0. The Morgan fingerprint density at radius 3 is 2.58 bits per heavy atom. The second-order valence-corrected chi connectivity index (χ2v) is 10.7. The molecule has 7 atom stereocenters. The Morgan fingerprint density at radius 1 is 1.18 bits per heavy atom. The maximum atomic E-state index is 15.5. The van der Waals surface area contributed by atoms with Gasteiger partial charge in [-0.1, -0.05) is 39.3 Å². The Labute approximate surface area is 194 Å². The van der Waals surface area contributed by atoms with Gasteiger partial charge in [-0.05, 0) is 55.6 Å². The number of rotatable bonds is 4. The Kier molecular flexibility index (Phi) is 5.98. The molecule has 0 aromatic carbocycles. The minimum atomic E-state index is -1.48. The predicted molar refractivity (Wildman–Crippen MR) is 119 cm³/mol. The van der Waals surface area contributed by atoms with Crippen molar-refractivity contribution in [1.82, 2.24) is 0 Å². The number of methoxy groups -OCH3 is 1. The highest BCUT2D eigenvalue weighted by Crippen LogP contribution is 2.68. The summed E-state index contributed by atoms with van der Waals surface area (Å²) < 4.78 is 32.1. The van der Waals surface area contributed by atoms with E-state index in [0.717, 1.165) is 0 Å². The second kappa shape index (κ2) is 8.24. The molecular weight excluding hydrogens is 427 g/mol. The van der Waals surface area contributed by atoms with E-state index in [1.807, 2.05) is 20.8 Å². The third-order valence-corrected chi connectivity index (χ3v) is 8.88. The summed E-state index contributed by atoms with van der Waals surface area (Å²) in [6.07, 6.45) is 4.87. The van der Waals surface area contributed by atoms with E-state index in [1.54, 1.807) is 0 Å². The molecule has 0 spiro atoms. The fourth-order valence-corrected chi connectivity index (χ4v) is 7.20. The number of allylic oxidation sites excluding steroid dienone is 4. The molecule has 0 aromatic rings. The fraction of sp³-hybridized carbons (Fsp3) is 0.731. The van der Waals surface area contributed by atoms with Crippen LogP contribution in [0, 0.1) is 28.6 Å². The van der Waals surface area contributed by atoms with Crippen molar-refractivity contribution in [3.8, 4) is 0 Å². The largest absolute Gasteiger partial charge is 0.511 e. The van der Waals surface area contributed by atoms with Crippen molar-refractivity contribution in [3.63, 3.8) is 0 Å². The van der Waals surface area contributed by atoms with Crippen LogP contribution in [-0.2, 0) is 23.8 Å². The first-order valence-electron chi connectivity index (χ1n) is 12.1. The van der Waals surface area contributed by atoms with Crippen LogP contribution in [0.1, 0.15) is 72.6 Å². The molecule has 0 heterocycles. The van der Waals surface area contributed by atoms with Gasteiger partial charge in [0.15, 0.2) is 5.78 Å². The highest BCUT2D eigenvalue weighted by Gasteiger charge is 2.70. The molecule has 33 heavy (non-hydrogen) atoms. The van der Waals surface area contributed by atoms with Gasteiger partial charge in [0.1, 0.15) is 6.17 Å². The summed E-state index contributed by atoms with van der Waals surface area (Å²) in [6, 6.07) is 0. The molecule has 4 aliphatic rings. The number of ether oxygens (including phenoxy) is 3. The lowest BCUT2D eigenvalue weighted by atomic mass is 9.51. The standard InChI is InChI=1S/C26H35FO6/c1-6-7-22(29)32-26(33-23(30)31-5)15(2)12-19-17-14-21(27)20-13-16(28)8-10-24(20,3)18(17)9-11-25(19,26)4/h9,13,15,17,19,21H,6-8,10-12,14H2,1-5H3/t15-,17-,19+,21+,24-,25+,26-/m1/s1. The Hall–Kier alpha value is -2.18. The third-order valence-electron chi connectivity index (χ3n) is 8.88. The molecule has 0 unspecified atom stereocenters. The summed E-state index contributed by atoms with van der Waals surface area (Å²) in [6.45, 7) is 7.85. The molecule has 0 amide bonds. The summed E-state index contributed by atoms with van der Waals surface area (Å²) in [7, 11) is 1.23. The molecule has 4 rings (SSSR count). The summed E-state index contributed by atoms with van der Waals surface area (Å²) in [5.41, 5.74) is 0.578. The number of fused-ring (bicyclic) bond motifs is 5. The van der Waals surface area contributed by atoms with E-state index in [9.17, 15) is 14.4 Å². The average molecular weight is 463 g/mol. The van der Waals surface area contributed by atoms with Crippen molar-refractivity contribution in [1.29, 1.82) is 0 Å². The quantitative estimate of drug-likeness (QED) is 0.314. The first-order chi connectivity index (χ1) is 15.5. The molecule has 4 aliphatic carbocycles. The van der Waals surface area contributed by atoms with Crippen molar-refractivity contribution in [2.75, 3.05) is 7.11 Å². The molecule has 6 nitrogen and oxygen atoms in total. The van der Waals surface area contributed by atoms with Crippen molar-refractivity contribution in [2.24, 2.45) is 28.6 Å². The smallest absolute Gasteiger partial charge is 0.438 e. The number of halogens is 1. The van der Waals surface area contributed by atoms with Gasteiger partial charge in [0, 0.05) is 24.2 Å². The normalized spacial score (nSPS) is 41.7. The summed E-state index contributed by atoms with van der Waals surface area (Å²) in [4.78, 5) is 37.0. The zero-order valence-electron chi connectivity index (χ0n) is 20.2. The zero-order chi connectivity index (χ0) is 24.2. The van der Waals surface area contributed by atoms with Gasteiger partial charge in [0.05, 0.1) is 12.5 Å². The third kappa shape index (κ3) is 3.45. The molecule has 2 fully saturated rings. The molecule has 0 N–H and O–H groups in total. The molecule has 0 aromatic heterocycles. The van der Waals surface area contributed by atoms with Gasteiger partial charge in [-0.25, -0.2) is 9.18 Å². The Balaban J connectivity index is 1.79. The van der Waals surface area contributed by atoms with Crippen LogP contribution in [-0.4, -0.2) is 37.0 Å². The number of carbonyl (C=O) groups excluding carboxylic acids is 3. The van der Waals surface area contributed by atoms with Crippen LogP contribution in [0.15, 0.2) is 23.3 Å². The number of esters is 1. The van der Waals surface area contributed by atoms with Crippen LogP contribution < -0.4 is 0 Å². The van der Waals surface area contributed by atoms with E-state index < -0.39 is 34.9 Å². The maximum absolute atomic E-state index is 15.5. The first-order valence-corrected chi connectivity index (χ1v) is 12.1. The molecular formula is C26H35FO6. The monoisotopic (exact) mass is 462 g/mol. The van der Waals surface area contributed by atoms with Gasteiger partial charge in [0.2, 0.25) is 0 Å². The lowest BCUT2D eigenvalue weighted by Gasteiger charge is -2.55. The van der Waals surface area contributed by atoms with Crippen molar-refractivity contribution >= 4 is 17.9 Å².